The molecule has 1 unspecified atom stereocenters. The number of nitro benzene ring substituents is 1. The van der Waals surface area contributed by atoms with E-state index in [0.717, 1.165) is 11.0 Å². The Morgan fingerprint density at radius 3 is 2.32 bits per heavy atom. The van der Waals surface area contributed by atoms with E-state index in [2.05, 4.69) is 0 Å². The highest BCUT2D eigenvalue weighted by Crippen LogP contribution is 2.31. The van der Waals surface area contributed by atoms with Gasteiger partial charge in [0.05, 0.1) is 16.1 Å². The van der Waals surface area contributed by atoms with Crippen LogP contribution in [0.4, 0.5) is 11.4 Å². The molecule has 0 saturated carbocycles. The van der Waals surface area contributed by atoms with E-state index in [1.54, 1.807) is 0 Å². The molecule has 0 saturated heterocycles. The summed E-state index contributed by atoms with van der Waals surface area (Å²) in [5.41, 5.74) is 5.28. The Hall–Kier alpha value is -2.48. The summed E-state index contributed by atoms with van der Waals surface area (Å²) in [7, 11) is 3.83. The summed E-state index contributed by atoms with van der Waals surface area (Å²) in [6, 6.07) is 2.49. The number of fused-ring (bicyclic) bond motifs is 1. The second-order valence-corrected chi connectivity index (χ2v) is 5.58. The number of nitrogen functional groups attached to an aromatic ring is 1. The van der Waals surface area contributed by atoms with Crippen molar-refractivity contribution in [3.8, 4) is 0 Å². The first-order valence-corrected chi connectivity index (χ1v) is 6.84. The van der Waals surface area contributed by atoms with E-state index in [1.807, 2.05) is 25.9 Å². The normalized spacial score (nSPS) is 15.4. The number of carbonyl (C=O) groups excluding carboxylic acids is 2. The van der Waals surface area contributed by atoms with Gasteiger partial charge in [0.1, 0.15) is 5.69 Å². The summed E-state index contributed by atoms with van der Waals surface area (Å²) >= 11 is 0. The average molecular weight is 306 g/mol. The van der Waals surface area contributed by atoms with Gasteiger partial charge in [-0.2, -0.15) is 0 Å². The van der Waals surface area contributed by atoms with Gasteiger partial charge < -0.3 is 10.6 Å². The van der Waals surface area contributed by atoms with Crippen LogP contribution in [-0.4, -0.2) is 53.2 Å². The Bertz CT molecular complexity index is 656. The minimum Gasteiger partial charge on any atom is -0.393 e. The van der Waals surface area contributed by atoms with Gasteiger partial charge in [-0.3, -0.25) is 24.6 Å². The summed E-state index contributed by atoms with van der Waals surface area (Å²) in [6.45, 7) is 2.25. The Balaban J connectivity index is 2.27. The van der Waals surface area contributed by atoms with Crippen LogP contribution in [0.25, 0.3) is 0 Å². The zero-order chi connectivity index (χ0) is 16.6. The van der Waals surface area contributed by atoms with Gasteiger partial charge in [0.15, 0.2) is 0 Å². The summed E-state index contributed by atoms with van der Waals surface area (Å²) < 4.78 is 0. The quantitative estimate of drug-likeness (QED) is 0.378. The lowest BCUT2D eigenvalue weighted by Crippen LogP contribution is -2.35. The van der Waals surface area contributed by atoms with Gasteiger partial charge in [-0.05, 0) is 33.5 Å². The van der Waals surface area contributed by atoms with Crippen LogP contribution in [-0.2, 0) is 0 Å². The van der Waals surface area contributed by atoms with Crippen molar-refractivity contribution in [3.63, 3.8) is 0 Å². The van der Waals surface area contributed by atoms with Gasteiger partial charge in [0.25, 0.3) is 17.5 Å². The van der Waals surface area contributed by atoms with E-state index in [0.29, 0.717) is 6.42 Å². The highest BCUT2D eigenvalue weighted by molar-refractivity contribution is 6.22. The zero-order valence-corrected chi connectivity index (χ0v) is 12.7. The van der Waals surface area contributed by atoms with Crippen LogP contribution in [0, 0.1) is 10.1 Å². The van der Waals surface area contributed by atoms with E-state index >= 15 is 0 Å². The fourth-order valence-corrected chi connectivity index (χ4v) is 2.28. The number of benzene rings is 1. The fourth-order valence-electron chi connectivity index (χ4n) is 2.28. The fraction of sp³-hybridized carbons (Fsp3) is 0.429. The Labute approximate surface area is 127 Å². The van der Waals surface area contributed by atoms with Crippen LogP contribution < -0.4 is 5.73 Å². The maximum atomic E-state index is 12.3. The summed E-state index contributed by atoms with van der Waals surface area (Å²) in [4.78, 5) is 37.9. The van der Waals surface area contributed by atoms with E-state index in [9.17, 15) is 19.7 Å². The van der Waals surface area contributed by atoms with Gasteiger partial charge in [0, 0.05) is 18.7 Å². The number of hydrogen-bond donors (Lipinski definition) is 1. The van der Waals surface area contributed by atoms with Gasteiger partial charge in [-0.1, -0.05) is 0 Å². The van der Waals surface area contributed by atoms with Crippen LogP contribution in [0.3, 0.4) is 0 Å². The Morgan fingerprint density at radius 1 is 1.27 bits per heavy atom. The molecule has 118 valence electrons. The highest BCUT2D eigenvalue weighted by atomic mass is 16.6. The molecule has 0 fully saturated rings. The average Bonchev–Trinajstić information content (AvgIpc) is 2.67. The zero-order valence-electron chi connectivity index (χ0n) is 12.7. The van der Waals surface area contributed by atoms with Crippen molar-refractivity contribution in [2.45, 2.75) is 19.4 Å². The number of carbonyl (C=O) groups is 2. The minimum atomic E-state index is -0.663. The van der Waals surface area contributed by atoms with Crippen molar-refractivity contribution < 1.29 is 14.5 Å². The third-order valence-electron chi connectivity index (χ3n) is 3.97. The lowest BCUT2D eigenvalue weighted by atomic mass is 10.1. The number of hydrogen-bond acceptors (Lipinski definition) is 6. The van der Waals surface area contributed by atoms with Gasteiger partial charge in [-0.25, -0.2) is 0 Å². The smallest absolute Gasteiger partial charge is 0.292 e. The molecular weight excluding hydrogens is 288 g/mol. The van der Waals surface area contributed by atoms with Gasteiger partial charge in [-0.15, -0.1) is 0 Å². The molecular formula is C14H18N4O4. The third-order valence-corrected chi connectivity index (χ3v) is 3.97. The standard InChI is InChI=1S/C14H18N4O4/c1-8(16(2)3)4-5-17-13(19)9-6-11(15)12(18(21)22)7-10(9)14(17)20/h6-8H,4-5,15H2,1-3H3. The molecule has 0 spiro atoms. The lowest BCUT2D eigenvalue weighted by Gasteiger charge is -2.22. The molecule has 0 bridgehead atoms. The number of rotatable bonds is 5. The molecule has 0 aromatic heterocycles. The molecule has 0 radical (unpaired) electrons. The maximum Gasteiger partial charge on any atom is 0.292 e. The van der Waals surface area contributed by atoms with Crippen LogP contribution in [0.5, 0.6) is 0 Å². The molecule has 8 nitrogen and oxygen atoms in total. The molecule has 0 aliphatic carbocycles. The van der Waals surface area contributed by atoms with Gasteiger partial charge >= 0.3 is 0 Å². The largest absolute Gasteiger partial charge is 0.393 e. The number of nitrogens with zero attached hydrogens (tertiary/aromatic N) is 3. The van der Waals surface area contributed by atoms with Crippen molar-refractivity contribution >= 4 is 23.2 Å². The van der Waals surface area contributed by atoms with Crippen LogP contribution in [0.2, 0.25) is 0 Å². The van der Waals surface area contributed by atoms with E-state index in [4.69, 9.17) is 5.73 Å². The van der Waals surface area contributed by atoms with Crippen molar-refractivity contribution in [2.24, 2.45) is 0 Å². The second-order valence-electron chi connectivity index (χ2n) is 5.58. The lowest BCUT2D eigenvalue weighted by molar-refractivity contribution is -0.383. The van der Waals surface area contributed by atoms with Crippen LogP contribution in [0.1, 0.15) is 34.1 Å². The minimum absolute atomic E-state index is 0.0448. The molecule has 8 heteroatoms. The predicted octanol–water partition coefficient (Wildman–Crippen LogP) is 1.11. The molecule has 1 aromatic carbocycles. The number of amides is 2. The van der Waals surface area contributed by atoms with Crippen molar-refractivity contribution in [2.75, 3.05) is 26.4 Å². The molecule has 1 aliphatic rings. The number of anilines is 1. The maximum absolute atomic E-state index is 12.3. The molecule has 2 rings (SSSR count). The Kier molecular flexibility index (Phi) is 4.14. The number of imide groups is 1. The summed E-state index contributed by atoms with van der Waals surface area (Å²) in [5.74, 6) is -0.957. The van der Waals surface area contributed by atoms with Gasteiger partial charge in [0.2, 0.25) is 0 Å². The molecule has 2 amide bonds. The number of nitrogens with two attached hydrogens (primary N) is 1. The first-order chi connectivity index (χ1) is 10.2. The molecule has 1 aliphatic heterocycles. The molecule has 1 aromatic rings. The molecule has 2 N–H and O–H groups in total. The molecule has 1 atom stereocenters. The second kappa shape index (κ2) is 5.72. The van der Waals surface area contributed by atoms with Crippen molar-refractivity contribution in [1.29, 1.82) is 0 Å². The Morgan fingerprint density at radius 2 is 1.82 bits per heavy atom. The summed E-state index contributed by atoms with van der Waals surface area (Å²) in [5, 5.41) is 10.9. The molecule has 1 heterocycles. The monoisotopic (exact) mass is 306 g/mol. The van der Waals surface area contributed by atoms with E-state index in [1.165, 1.54) is 6.07 Å². The van der Waals surface area contributed by atoms with Crippen LogP contribution in [0.15, 0.2) is 12.1 Å². The SMILES string of the molecule is CC(CCN1C(=O)c2cc(N)c([N+](=O)[O-])cc2C1=O)N(C)C. The number of nitro groups is 1. The van der Waals surface area contributed by atoms with Crippen molar-refractivity contribution in [1.82, 2.24) is 9.80 Å². The summed E-state index contributed by atoms with van der Waals surface area (Å²) in [6.07, 6.45) is 0.621. The van der Waals surface area contributed by atoms with E-state index in [-0.39, 0.29) is 35.1 Å². The predicted molar refractivity (Wildman–Crippen MR) is 80.6 cm³/mol. The van der Waals surface area contributed by atoms with Crippen molar-refractivity contribution in [3.05, 3.63) is 33.4 Å². The van der Waals surface area contributed by atoms with E-state index < -0.39 is 16.7 Å². The first kappa shape index (κ1) is 15.9. The van der Waals surface area contributed by atoms with Crippen LogP contribution >= 0.6 is 0 Å². The molecule has 22 heavy (non-hydrogen) atoms. The third kappa shape index (κ3) is 2.64. The first-order valence-electron chi connectivity index (χ1n) is 6.84. The highest BCUT2D eigenvalue weighted by Gasteiger charge is 2.37. The topological polar surface area (TPSA) is 110 Å².